The Kier molecular flexibility index (Phi) is 45.4. The first-order valence-corrected chi connectivity index (χ1v) is 19.9. The number of hydrogen-bond donors (Lipinski definition) is 0. The summed E-state index contributed by atoms with van der Waals surface area (Å²) in [4.78, 5) is 0. The highest BCUT2D eigenvalue weighted by Gasteiger charge is 2.32. The van der Waals surface area contributed by atoms with E-state index in [0.717, 1.165) is 52.1 Å². The van der Waals surface area contributed by atoms with Crippen LogP contribution in [0.2, 0.25) is 0 Å². The lowest BCUT2D eigenvalue weighted by Crippen LogP contribution is -2.42. The minimum atomic E-state index is -0.247. The van der Waals surface area contributed by atoms with Gasteiger partial charge in [-0.25, -0.2) is 0 Å². The van der Waals surface area contributed by atoms with Crippen LogP contribution in [0.5, 0.6) is 0 Å². The third kappa shape index (κ3) is 36.8. The summed E-state index contributed by atoms with van der Waals surface area (Å²) in [5.74, 6) is 0. The molecule has 322 valence electrons. The van der Waals surface area contributed by atoms with Crippen molar-refractivity contribution < 1.29 is 66.3 Å². The predicted molar refractivity (Wildman–Crippen MR) is 206 cm³/mol. The van der Waals surface area contributed by atoms with Gasteiger partial charge in [0.2, 0.25) is 0 Å². The van der Waals surface area contributed by atoms with Crippen molar-refractivity contribution >= 4 is 0 Å². The van der Waals surface area contributed by atoms with Crippen molar-refractivity contribution in [3.05, 3.63) is 0 Å². The third-order valence-electron chi connectivity index (χ3n) is 7.18. The maximum absolute atomic E-state index is 5.85. The van der Waals surface area contributed by atoms with E-state index in [9.17, 15) is 0 Å². The fourth-order valence-electron chi connectivity index (χ4n) is 4.47. The molecule has 0 rings (SSSR count). The molecule has 0 aromatic heterocycles. The molecule has 0 saturated carbocycles. The smallest absolute Gasteiger partial charge is 0.104 e. The monoisotopic (exact) mass is 775 g/mol. The number of methoxy groups -OCH3 is 3. The summed E-state index contributed by atoms with van der Waals surface area (Å²) in [6, 6.07) is 0. The molecule has 0 fully saturated rings. The maximum Gasteiger partial charge on any atom is 0.104 e. The lowest BCUT2D eigenvalue weighted by atomic mass is 9.92. The van der Waals surface area contributed by atoms with E-state index < -0.39 is 0 Å². The second kappa shape index (κ2) is 44.2. The lowest BCUT2D eigenvalue weighted by Gasteiger charge is -2.33. The molecule has 0 spiro atoms. The second-order valence-electron chi connectivity index (χ2n) is 12.6. The summed E-state index contributed by atoms with van der Waals surface area (Å²) in [6.07, 6.45) is 3.51. The van der Waals surface area contributed by atoms with Crippen molar-refractivity contribution in [1.29, 1.82) is 0 Å². The van der Waals surface area contributed by atoms with E-state index in [4.69, 9.17) is 66.3 Å². The van der Waals surface area contributed by atoms with Crippen LogP contribution in [0, 0.1) is 5.41 Å². The van der Waals surface area contributed by atoms with Crippen LogP contribution >= 0.6 is 0 Å². The molecule has 0 aliphatic rings. The van der Waals surface area contributed by atoms with Crippen LogP contribution in [0.3, 0.4) is 0 Å². The van der Waals surface area contributed by atoms with Gasteiger partial charge in [-0.2, -0.15) is 0 Å². The second-order valence-corrected chi connectivity index (χ2v) is 12.6. The van der Waals surface area contributed by atoms with Crippen molar-refractivity contribution in [3.8, 4) is 0 Å². The molecule has 0 aromatic rings. The summed E-state index contributed by atoms with van der Waals surface area (Å²) in [5, 5.41) is 0. The Morgan fingerprint density at radius 3 is 0.811 bits per heavy atom. The molecule has 53 heavy (non-hydrogen) atoms. The van der Waals surface area contributed by atoms with Gasteiger partial charge in [-0.1, -0.05) is 27.7 Å². The summed E-state index contributed by atoms with van der Waals surface area (Å²) >= 11 is 0. The van der Waals surface area contributed by atoms with E-state index in [-0.39, 0.29) is 23.7 Å². The molecule has 0 N–H and O–H groups in total. The average Bonchev–Trinajstić information content (AvgIpc) is 3.16. The molecule has 0 amide bonds. The Labute approximate surface area is 323 Å². The van der Waals surface area contributed by atoms with Gasteiger partial charge in [0.1, 0.15) is 18.3 Å². The zero-order valence-electron chi connectivity index (χ0n) is 35.3. The molecular formula is C39H82O14. The standard InChI is InChI=1S/C22H46O10.C17H36O4/c1-6-26-14-20(30-11-8-23-3)16-28-18-22(32-13-10-25-5)19-29-17-21(15-27-7-2)31-12-9-24-4;1-5-9-18-13-17(14-19-10-6-2,15-20-11-7-3)16-21-12-8-4/h20-22H,6-19H2,1-5H3;5-16H2,1-4H3. The van der Waals surface area contributed by atoms with Gasteiger partial charge in [-0.15, -0.1) is 0 Å². The molecular weight excluding hydrogens is 692 g/mol. The van der Waals surface area contributed by atoms with Gasteiger partial charge in [0.15, 0.2) is 0 Å². The van der Waals surface area contributed by atoms with Crippen molar-refractivity contribution in [2.24, 2.45) is 5.41 Å². The Hall–Kier alpha value is -0.560. The van der Waals surface area contributed by atoms with Crippen LogP contribution < -0.4 is 0 Å². The summed E-state index contributed by atoms with van der Waals surface area (Å²) in [7, 11) is 4.92. The van der Waals surface area contributed by atoms with Gasteiger partial charge in [0, 0.05) is 61.0 Å². The van der Waals surface area contributed by atoms with E-state index in [1.807, 2.05) is 13.8 Å². The highest BCUT2D eigenvalue weighted by molar-refractivity contribution is 4.79. The topological polar surface area (TPSA) is 129 Å². The molecule has 2 atom stereocenters. The lowest BCUT2D eigenvalue weighted by molar-refractivity contribution is -0.115. The van der Waals surface area contributed by atoms with Gasteiger partial charge >= 0.3 is 0 Å². The van der Waals surface area contributed by atoms with E-state index in [1.54, 1.807) is 21.3 Å². The average molecular weight is 775 g/mol. The molecule has 0 heterocycles. The van der Waals surface area contributed by atoms with Crippen molar-refractivity contribution in [2.45, 2.75) is 85.5 Å². The molecule has 14 nitrogen and oxygen atoms in total. The zero-order chi connectivity index (χ0) is 39.5. The number of hydrogen-bond acceptors (Lipinski definition) is 14. The molecule has 0 aliphatic carbocycles. The largest absolute Gasteiger partial charge is 0.382 e. The normalized spacial score (nSPS) is 13.5. The Morgan fingerprint density at radius 1 is 0.321 bits per heavy atom. The van der Waals surface area contributed by atoms with Gasteiger partial charge in [-0.05, 0) is 39.5 Å². The van der Waals surface area contributed by atoms with E-state index in [0.29, 0.717) is 119 Å². The molecule has 0 saturated heterocycles. The fraction of sp³-hybridized carbons (Fsp3) is 1.00. The van der Waals surface area contributed by atoms with Crippen molar-refractivity contribution in [3.63, 3.8) is 0 Å². The van der Waals surface area contributed by atoms with Crippen LogP contribution in [0.25, 0.3) is 0 Å². The Bertz CT molecular complexity index is 605. The third-order valence-corrected chi connectivity index (χ3v) is 7.18. The molecule has 0 radical (unpaired) electrons. The first kappa shape index (κ1) is 54.5. The first-order chi connectivity index (χ1) is 26.0. The number of ether oxygens (including phenoxy) is 14. The molecule has 14 heteroatoms. The molecule has 0 aromatic carbocycles. The maximum atomic E-state index is 5.85. The van der Waals surface area contributed by atoms with Crippen LogP contribution in [0.15, 0.2) is 0 Å². The minimum absolute atomic E-state index is 0.171. The van der Waals surface area contributed by atoms with Gasteiger partial charge < -0.3 is 66.3 Å². The fourth-order valence-corrected chi connectivity index (χ4v) is 4.47. The first-order valence-electron chi connectivity index (χ1n) is 19.9. The summed E-state index contributed by atoms with van der Waals surface area (Å²) in [6.45, 7) is 24.7. The van der Waals surface area contributed by atoms with Crippen LogP contribution in [0.4, 0.5) is 0 Å². The zero-order valence-corrected chi connectivity index (χ0v) is 35.3. The minimum Gasteiger partial charge on any atom is -0.382 e. The van der Waals surface area contributed by atoms with Crippen molar-refractivity contribution in [1.82, 2.24) is 0 Å². The van der Waals surface area contributed by atoms with E-state index >= 15 is 0 Å². The van der Waals surface area contributed by atoms with Crippen LogP contribution in [-0.2, 0) is 66.3 Å². The number of rotatable bonds is 42. The highest BCUT2D eigenvalue weighted by Crippen LogP contribution is 2.21. The van der Waals surface area contributed by atoms with Crippen LogP contribution in [-0.4, -0.2) is 185 Å². The molecule has 2 unspecified atom stereocenters. The Morgan fingerprint density at radius 2 is 0.585 bits per heavy atom. The predicted octanol–water partition coefficient (Wildman–Crippen LogP) is 4.87. The highest BCUT2D eigenvalue weighted by atomic mass is 16.6. The Balaban J connectivity index is 0. The molecule has 0 aliphatic heterocycles. The van der Waals surface area contributed by atoms with Gasteiger partial charge in [0.25, 0.3) is 0 Å². The quantitative estimate of drug-likeness (QED) is 0.0783. The summed E-state index contributed by atoms with van der Waals surface area (Å²) < 4.78 is 78.3. The van der Waals surface area contributed by atoms with E-state index in [1.165, 1.54) is 0 Å². The summed E-state index contributed by atoms with van der Waals surface area (Å²) in [5.41, 5.74) is -0.186. The van der Waals surface area contributed by atoms with E-state index in [2.05, 4.69) is 27.7 Å². The van der Waals surface area contributed by atoms with Gasteiger partial charge in [-0.3, -0.25) is 0 Å². The van der Waals surface area contributed by atoms with Crippen LogP contribution in [0.1, 0.15) is 67.2 Å². The SMILES string of the molecule is CCCOCC(COCCC)(COCCC)COCCC.CCOCC(COCC(COCC(COCC)OCCOC)OCCOC)OCCOC. The van der Waals surface area contributed by atoms with Crippen molar-refractivity contribution in [2.75, 3.05) is 167 Å². The van der Waals surface area contributed by atoms with Gasteiger partial charge in [0.05, 0.1) is 111 Å². The molecule has 0 bridgehead atoms.